The van der Waals surface area contributed by atoms with Crippen molar-refractivity contribution >= 4 is 26.8 Å². The fraction of sp³-hybridized carbons (Fsp3) is 0.917. The van der Waals surface area contributed by atoms with Crippen molar-refractivity contribution in [1.82, 2.24) is 5.32 Å². The standard InChI is InChI=1S/C12H22N2O2S2/c1-10-4-3-5-12(8-10)9-17-11(14-12)13-6-7-18(2,15)16/h10H,3-9H2,1-2H3,(H,13,14). The monoisotopic (exact) mass is 290 g/mol. The van der Waals surface area contributed by atoms with Crippen molar-refractivity contribution in [1.29, 1.82) is 0 Å². The molecule has 1 aliphatic carbocycles. The van der Waals surface area contributed by atoms with Crippen LogP contribution in [0.5, 0.6) is 0 Å². The van der Waals surface area contributed by atoms with Gasteiger partial charge in [0.2, 0.25) is 0 Å². The minimum atomic E-state index is -2.90. The van der Waals surface area contributed by atoms with Gasteiger partial charge in [0.25, 0.3) is 0 Å². The summed E-state index contributed by atoms with van der Waals surface area (Å²) < 4.78 is 22.1. The quantitative estimate of drug-likeness (QED) is 0.859. The zero-order valence-electron chi connectivity index (χ0n) is 11.1. The van der Waals surface area contributed by atoms with Crippen molar-refractivity contribution in [3.05, 3.63) is 0 Å². The number of nitrogens with one attached hydrogen (secondary N) is 1. The summed E-state index contributed by atoms with van der Waals surface area (Å²) in [7, 11) is -2.90. The van der Waals surface area contributed by atoms with Crippen LogP contribution in [0.15, 0.2) is 4.99 Å². The Morgan fingerprint density at radius 1 is 1.56 bits per heavy atom. The van der Waals surface area contributed by atoms with E-state index in [4.69, 9.17) is 0 Å². The molecule has 2 rings (SSSR count). The lowest BCUT2D eigenvalue weighted by molar-refractivity contribution is 0.242. The van der Waals surface area contributed by atoms with Crippen LogP contribution in [0.4, 0.5) is 0 Å². The van der Waals surface area contributed by atoms with E-state index in [9.17, 15) is 8.42 Å². The fourth-order valence-corrected chi connectivity index (χ4v) is 4.45. The topological polar surface area (TPSA) is 58.5 Å². The van der Waals surface area contributed by atoms with Crippen molar-refractivity contribution in [3.8, 4) is 0 Å². The first-order valence-corrected chi connectivity index (χ1v) is 9.56. The van der Waals surface area contributed by atoms with Crippen molar-refractivity contribution in [3.63, 3.8) is 0 Å². The highest BCUT2D eigenvalue weighted by atomic mass is 32.2. The van der Waals surface area contributed by atoms with Gasteiger partial charge in [0.05, 0.1) is 12.3 Å². The molecule has 1 N–H and O–H groups in total. The van der Waals surface area contributed by atoms with E-state index in [0.29, 0.717) is 6.54 Å². The molecule has 0 aromatic heterocycles. The second kappa shape index (κ2) is 5.41. The van der Waals surface area contributed by atoms with E-state index in [1.54, 1.807) is 11.8 Å². The van der Waals surface area contributed by atoms with Gasteiger partial charge < -0.3 is 5.32 Å². The van der Waals surface area contributed by atoms with E-state index < -0.39 is 9.84 Å². The van der Waals surface area contributed by atoms with Crippen molar-refractivity contribution in [2.24, 2.45) is 10.9 Å². The predicted molar refractivity (Wildman–Crippen MR) is 78.0 cm³/mol. The zero-order valence-corrected chi connectivity index (χ0v) is 12.7. The lowest BCUT2D eigenvalue weighted by atomic mass is 9.78. The van der Waals surface area contributed by atoms with E-state index >= 15 is 0 Å². The predicted octanol–water partition coefficient (Wildman–Crippen LogP) is 1.67. The average Bonchev–Trinajstić information content (AvgIpc) is 2.59. The molecule has 4 nitrogen and oxygen atoms in total. The zero-order chi connectivity index (χ0) is 13.2. The van der Waals surface area contributed by atoms with Gasteiger partial charge >= 0.3 is 0 Å². The van der Waals surface area contributed by atoms with Gasteiger partial charge in [-0.2, -0.15) is 0 Å². The Morgan fingerprint density at radius 3 is 3.00 bits per heavy atom. The number of aliphatic imine (C=N–C) groups is 1. The number of sulfone groups is 1. The number of amidine groups is 1. The van der Waals surface area contributed by atoms with Crippen LogP contribution >= 0.6 is 11.8 Å². The molecule has 0 aromatic rings. The van der Waals surface area contributed by atoms with Crippen LogP contribution in [-0.2, 0) is 9.84 Å². The molecule has 2 aliphatic rings. The van der Waals surface area contributed by atoms with E-state index in [0.717, 1.165) is 16.8 Å². The van der Waals surface area contributed by atoms with Crippen LogP contribution in [0.1, 0.15) is 32.6 Å². The smallest absolute Gasteiger partial charge is 0.157 e. The highest BCUT2D eigenvalue weighted by molar-refractivity contribution is 8.14. The third-order valence-corrected chi connectivity index (χ3v) is 5.79. The Hall–Kier alpha value is -0.230. The Kier molecular flexibility index (Phi) is 4.26. The average molecular weight is 290 g/mol. The van der Waals surface area contributed by atoms with Gasteiger partial charge in [-0.15, -0.1) is 0 Å². The Balaban J connectivity index is 1.89. The minimum Gasteiger partial charge on any atom is -0.359 e. The van der Waals surface area contributed by atoms with Crippen LogP contribution in [0.3, 0.4) is 0 Å². The summed E-state index contributed by atoms with van der Waals surface area (Å²) in [5, 5.41) is 4.48. The summed E-state index contributed by atoms with van der Waals surface area (Å²) in [5.74, 6) is 2.00. The van der Waals surface area contributed by atoms with Gasteiger partial charge in [-0.05, 0) is 18.8 Å². The van der Waals surface area contributed by atoms with E-state index in [-0.39, 0.29) is 11.3 Å². The van der Waals surface area contributed by atoms with Gasteiger partial charge in [-0.3, -0.25) is 4.99 Å². The molecular weight excluding hydrogens is 268 g/mol. The first kappa shape index (κ1) is 14.2. The molecule has 0 amide bonds. The molecule has 18 heavy (non-hydrogen) atoms. The number of hydrogen-bond donors (Lipinski definition) is 1. The molecule has 2 unspecified atom stereocenters. The molecule has 1 heterocycles. The largest absolute Gasteiger partial charge is 0.359 e. The molecule has 1 saturated carbocycles. The molecule has 1 aliphatic heterocycles. The molecule has 0 aromatic carbocycles. The Labute approximate surface area is 114 Å². The van der Waals surface area contributed by atoms with Gasteiger partial charge in [-0.25, -0.2) is 8.42 Å². The lowest BCUT2D eigenvalue weighted by Gasteiger charge is -2.36. The fourth-order valence-electron chi connectivity index (χ4n) is 2.81. The van der Waals surface area contributed by atoms with Crippen LogP contribution in [-0.4, -0.2) is 43.4 Å². The van der Waals surface area contributed by atoms with E-state index in [1.807, 2.05) is 0 Å². The molecular formula is C12H22N2O2S2. The van der Waals surface area contributed by atoms with Crippen LogP contribution in [0.25, 0.3) is 0 Å². The van der Waals surface area contributed by atoms with Crippen molar-refractivity contribution in [2.75, 3.05) is 24.3 Å². The number of hydrogen-bond acceptors (Lipinski definition) is 4. The minimum absolute atomic E-state index is 0.141. The van der Waals surface area contributed by atoms with E-state index in [2.05, 4.69) is 17.2 Å². The van der Waals surface area contributed by atoms with Crippen LogP contribution in [0, 0.1) is 5.92 Å². The molecule has 6 heteroatoms. The molecule has 2 fully saturated rings. The SMILES string of the molecule is CC1CCCC2(CSC(=NCCS(C)(=O)=O)N2)C1. The van der Waals surface area contributed by atoms with Crippen LogP contribution in [0.2, 0.25) is 0 Å². The number of thioether (sulfide) groups is 1. The van der Waals surface area contributed by atoms with Gasteiger partial charge in [0, 0.05) is 17.5 Å². The van der Waals surface area contributed by atoms with Gasteiger partial charge in [-0.1, -0.05) is 31.5 Å². The Bertz CT molecular complexity index is 433. The summed E-state index contributed by atoms with van der Waals surface area (Å²) in [5.41, 5.74) is 0.228. The van der Waals surface area contributed by atoms with Gasteiger partial charge in [0.1, 0.15) is 9.84 Å². The number of nitrogens with zero attached hydrogens (tertiary/aromatic N) is 1. The second-order valence-electron chi connectivity index (χ2n) is 5.71. The lowest BCUT2D eigenvalue weighted by Crippen LogP contribution is -2.47. The van der Waals surface area contributed by atoms with E-state index in [1.165, 1.54) is 31.9 Å². The maximum absolute atomic E-state index is 11.0. The first-order valence-electron chi connectivity index (χ1n) is 6.52. The maximum Gasteiger partial charge on any atom is 0.157 e. The Morgan fingerprint density at radius 2 is 2.33 bits per heavy atom. The van der Waals surface area contributed by atoms with Crippen LogP contribution < -0.4 is 5.32 Å². The first-order chi connectivity index (χ1) is 8.39. The summed E-state index contributed by atoms with van der Waals surface area (Å²) in [4.78, 5) is 4.37. The molecule has 104 valence electrons. The summed E-state index contributed by atoms with van der Waals surface area (Å²) >= 11 is 1.74. The molecule has 2 atom stereocenters. The summed E-state index contributed by atoms with van der Waals surface area (Å²) in [6.07, 6.45) is 6.30. The van der Waals surface area contributed by atoms with Crippen molar-refractivity contribution < 1.29 is 8.42 Å². The third kappa shape index (κ3) is 3.88. The highest BCUT2D eigenvalue weighted by Crippen LogP contribution is 2.38. The molecule has 0 radical (unpaired) electrons. The normalized spacial score (nSPS) is 35.0. The summed E-state index contributed by atoms with van der Waals surface area (Å²) in [6.45, 7) is 2.69. The molecule has 0 bridgehead atoms. The van der Waals surface area contributed by atoms with Crippen molar-refractivity contribution in [2.45, 2.75) is 38.1 Å². The maximum atomic E-state index is 11.0. The molecule has 1 spiro atoms. The summed E-state index contributed by atoms with van der Waals surface area (Å²) in [6, 6.07) is 0. The highest BCUT2D eigenvalue weighted by Gasteiger charge is 2.40. The van der Waals surface area contributed by atoms with Gasteiger partial charge in [0.15, 0.2) is 5.17 Å². The molecule has 1 saturated heterocycles. The number of rotatable bonds is 3. The third-order valence-electron chi connectivity index (χ3n) is 3.67. The second-order valence-corrected chi connectivity index (χ2v) is 8.94.